The van der Waals surface area contributed by atoms with Crippen LogP contribution in [0.5, 0.6) is 0 Å². The van der Waals surface area contributed by atoms with Gasteiger partial charge in [-0.05, 0) is 35.2 Å². The molecular weight excluding hydrogens is 306 g/mol. The van der Waals surface area contributed by atoms with Crippen LogP contribution in [-0.4, -0.2) is 4.57 Å². The molecule has 0 fully saturated rings. The lowest BCUT2D eigenvalue weighted by Gasteiger charge is -2.19. The third kappa shape index (κ3) is 1.91. The quantitative estimate of drug-likeness (QED) is 0.316. The second kappa shape index (κ2) is 4.66. The van der Waals surface area contributed by atoms with Crippen molar-refractivity contribution in [1.82, 2.24) is 4.57 Å². The molecule has 0 amide bonds. The SMILES string of the molecule is Cn1c2ccccc2c2cc3oc4cccc(C(C)(C)C)c4c3cc21. The maximum Gasteiger partial charge on any atom is 0.136 e. The van der Waals surface area contributed by atoms with E-state index in [1.807, 2.05) is 0 Å². The summed E-state index contributed by atoms with van der Waals surface area (Å²) in [5.74, 6) is 0. The largest absolute Gasteiger partial charge is 0.456 e. The van der Waals surface area contributed by atoms with Crippen LogP contribution in [0.2, 0.25) is 0 Å². The van der Waals surface area contributed by atoms with Gasteiger partial charge in [-0.25, -0.2) is 0 Å². The van der Waals surface area contributed by atoms with E-state index in [4.69, 9.17) is 4.42 Å². The Morgan fingerprint density at radius 3 is 2.36 bits per heavy atom. The minimum Gasteiger partial charge on any atom is -0.456 e. The van der Waals surface area contributed by atoms with Crippen LogP contribution in [0.15, 0.2) is 59.0 Å². The number of rotatable bonds is 0. The van der Waals surface area contributed by atoms with Gasteiger partial charge in [0, 0.05) is 39.6 Å². The number of para-hydroxylation sites is 1. The zero-order valence-electron chi connectivity index (χ0n) is 15.1. The Labute approximate surface area is 146 Å². The highest BCUT2D eigenvalue weighted by atomic mass is 16.3. The molecule has 124 valence electrons. The molecule has 0 atom stereocenters. The van der Waals surface area contributed by atoms with Crippen LogP contribution in [0.4, 0.5) is 0 Å². The number of benzene rings is 3. The predicted octanol–water partition coefficient (Wildman–Crippen LogP) is 6.53. The molecule has 0 saturated heterocycles. The number of nitrogens with zero attached hydrogens (tertiary/aromatic N) is 1. The normalized spacial score (nSPS) is 12.8. The smallest absolute Gasteiger partial charge is 0.136 e. The van der Waals surface area contributed by atoms with E-state index in [0.717, 1.165) is 11.2 Å². The van der Waals surface area contributed by atoms with Gasteiger partial charge in [0.2, 0.25) is 0 Å². The van der Waals surface area contributed by atoms with E-state index in [0.29, 0.717) is 0 Å². The van der Waals surface area contributed by atoms with Crippen molar-refractivity contribution in [1.29, 1.82) is 0 Å². The topological polar surface area (TPSA) is 18.1 Å². The molecule has 0 N–H and O–H groups in total. The van der Waals surface area contributed by atoms with Crippen LogP contribution in [0.25, 0.3) is 43.7 Å². The average molecular weight is 327 g/mol. The zero-order valence-corrected chi connectivity index (χ0v) is 15.1. The summed E-state index contributed by atoms with van der Waals surface area (Å²) in [6, 6.07) is 19.5. The number of hydrogen-bond donors (Lipinski definition) is 0. The van der Waals surface area contributed by atoms with E-state index in [1.54, 1.807) is 0 Å². The van der Waals surface area contributed by atoms with Crippen LogP contribution >= 0.6 is 0 Å². The lowest BCUT2D eigenvalue weighted by Crippen LogP contribution is -2.11. The fourth-order valence-electron chi connectivity index (χ4n) is 4.10. The molecule has 0 saturated carbocycles. The minimum atomic E-state index is 0.0736. The van der Waals surface area contributed by atoms with E-state index in [2.05, 4.69) is 87.0 Å². The fraction of sp³-hybridized carbons (Fsp3) is 0.217. The first-order valence-corrected chi connectivity index (χ1v) is 8.78. The first-order chi connectivity index (χ1) is 11.9. The molecule has 0 radical (unpaired) electrons. The van der Waals surface area contributed by atoms with Crippen molar-refractivity contribution in [2.75, 3.05) is 0 Å². The average Bonchev–Trinajstić information content (AvgIpc) is 3.08. The van der Waals surface area contributed by atoms with Gasteiger partial charge in [0.25, 0.3) is 0 Å². The molecule has 0 spiro atoms. The van der Waals surface area contributed by atoms with Gasteiger partial charge in [-0.2, -0.15) is 0 Å². The number of hydrogen-bond acceptors (Lipinski definition) is 1. The second-order valence-corrected chi connectivity index (χ2v) is 7.97. The molecule has 5 aromatic rings. The van der Waals surface area contributed by atoms with E-state index >= 15 is 0 Å². The molecule has 2 heteroatoms. The van der Waals surface area contributed by atoms with Gasteiger partial charge in [-0.15, -0.1) is 0 Å². The van der Waals surface area contributed by atoms with Gasteiger partial charge in [0.15, 0.2) is 0 Å². The second-order valence-electron chi connectivity index (χ2n) is 7.97. The molecule has 25 heavy (non-hydrogen) atoms. The summed E-state index contributed by atoms with van der Waals surface area (Å²) in [6.07, 6.45) is 0. The zero-order chi connectivity index (χ0) is 17.3. The Hall–Kier alpha value is -2.74. The van der Waals surface area contributed by atoms with Crippen molar-refractivity contribution in [2.45, 2.75) is 26.2 Å². The van der Waals surface area contributed by atoms with Crippen molar-refractivity contribution < 1.29 is 4.42 Å². The molecule has 0 unspecified atom stereocenters. The third-order valence-electron chi connectivity index (χ3n) is 5.34. The van der Waals surface area contributed by atoms with Crippen LogP contribution < -0.4 is 0 Å². The maximum absolute atomic E-state index is 6.25. The van der Waals surface area contributed by atoms with Gasteiger partial charge in [-0.3, -0.25) is 0 Å². The maximum atomic E-state index is 6.25. The van der Waals surface area contributed by atoms with E-state index in [-0.39, 0.29) is 5.41 Å². The van der Waals surface area contributed by atoms with Crippen molar-refractivity contribution in [3.8, 4) is 0 Å². The van der Waals surface area contributed by atoms with Crippen molar-refractivity contribution in [3.63, 3.8) is 0 Å². The highest BCUT2D eigenvalue weighted by Gasteiger charge is 2.21. The summed E-state index contributed by atoms with van der Waals surface area (Å²) in [7, 11) is 2.14. The van der Waals surface area contributed by atoms with Crippen molar-refractivity contribution >= 4 is 43.7 Å². The van der Waals surface area contributed by atoms with E-state index in [9.17, 15) is 0 Å². The Bertz CT molecular complexity index is 1280. The number of furan rings is 1. The molecule has 5 rings (SSSR count). The lowest BCUT2D eigenvalue weighted by molar-refractivity contribution is 0.594. The van der Waals surface area contributed by atoms with Crippen LogP contribution in [0.1, 0.15) is 26.3 Å². The van der Waals surface area contributed by atoms with E-state index in [1.165, 1.54) is 38.1 Å². The highest BCUT2D eigenvalue weighted by Crippen LogP contribution is 2.40. The van der Waals surface area contributed by atoms with Crippen LogP contribution in [0, 0.1) is 0 Å². The van der Waals surface area contributed by atoms with Gasteiger partial charge < -0.3 is 8.98 Å². The minimum absolute atomic E-state index is 0.0736. The molecule has 2 aromatic heterocycles. The van der Waals surface area contributed by atoms with E-state index < -0.39 is 0 Å². The first kappa shape index (κ1) is 14.6. The Morgan fingerprint density at radius 2 is 1.56 bits per heavy atom. The molecule has 3 aromatic carbocycles. The summed E-state index contributed by atoms with van der Waals surface area (Å²) < 4.78 is 8.53. The summed E-state index contributed by atoms with van der Waals surface area (Å²) in [5.41, 5.74) is 5.86. The molecule has 0 aliphatic heterocycles. The molecular formula is C23H21NO. The highest BCUT2D eigenvalue weighted by molar-refractivity contribution is 6.17. The van der Waals surface area contributed by atoms with Crippen molar-refractivity contribution in [3.05, 3.63) is 60.2 Å². The Kier molecular flexibility index (Phi) is 2.72. The third-order valence-corrected chi connectivity index (χ3v) is 5.34. The van der Waals surface area contributed by atoms with Gasteiger partial charge >= 0.3 is 0 Å². The first-order valence-electron chi connectivity index (χ1n) is 8.78. The van der Waals surface area contributed by atoms with Crippen LogP contribution in [0.3, 0.4) is 0 Å². The monoisotopic (exact) mass is 327 g/mol. The fourth-order valence-corrected chi connectivity index (χ4v) is 4.10. The van der Waals surface area contributed by atoms with Gasteiger partial charge in [-0.1, -0.05) is 51.1 Å². The molecule has 0 aliphatic carbocycles. The number of aryl methyl sites for hydroxylation is 1. The molecule has 2 heterocycles. The summed E-state index contributed by atoms with van der Waals surface area (Å²) >= 11 is 0. The Balaban J connectivity index is 2.01. The van der Waals surface area contributed by atoms with Crippen LogP contribution in [-0.2, 0) is 12.5 Å². The Morgan fingerprint density at radius 1 is 0.760 bits per heavy atom. The van der Waals surface area contributed by atoms with Gasteiger partial charge in [0.05, 0.1) is 0 Å². The summed E-state index contributed by atoms with van der Waals surface area (Å²) in [6.45, 7) is 6.78. The predicted molar refractivity (Wildman–Crippen MR) is 106 cm³/mol. The standard InChI is InChI=1S/C23H21NO/c1-23(2,3)17-9-7-11-20-22(17)16-12-19-15(13-21(16)25-20)14-8-5-6-10-18(14)24(19)4/h5-13H,1-4H3. The summed E-state index contributed by atoms with van der Waals surface area (Å²) in [4.78, 5) is 0. The summed E-state index contributed by atoms with van der Waals surface area (Å²) in [5, 5.41) is 4.98. The molecule has 0 aliphatic rings. The number of aromatic nitrogens is 1. The lowest BCUT2D eigenvalue weighted by atomic mass is 9.84. The molecule has 0 bridgehead atoms. The van der Waals surface area contributed by atoms with Crippen molar-refractivity contribution in [2.24, 2.45) is 7.05 Å². The number of fused-ring (bicyclic) bond motifs is 6. The molecule has 2 nitrogen and oxygen atoms in total. The van der Waals surface area contributed by atoms with Gasteiger partial charge in [0.1, 0.15) is 11.2 Å².